The zero-order valence-corrected chi connectivity index (χ0v) is 11.6. The van der Waals surface area contributed by atoms with Gasteiger partial charge in [0.15, 0.2) is 0 Å². The van der Waals surface area contributed by atoms with Crippen molar-refractivity contribution in [2.24, 2.45) is 0 Å². The number of hydrogen-bond donors (Lipinski definition) is 0. The van der Waals surface area contributed by atoms with E-state index in [9.17, 15) is 17.2 Å². The van der Waals surface area contributed by atoms with Gasteiger partial charge in [-0.2, -0.15) is 4.31 Å². The molecule has 1 fully saturated rings. The number of rotatable bonds is 2. The first-order chi connectivity index (χ1) is 9.50. The van der Waals surface area contributed by atoms with Crippen molar-refractivity contribution in [2.45, 2.75) is 24.6 Å². The second-order valence-corrected chi connectivity index (χ2v) is 7.31. The van der Waals surface area contributed by atoms with Gasteiger partial charge in [-0.05, 0) is 30.5 Å². The van der Waals surface area contributed by atoms with E-state index < -0.39 is 26.9 Å². The van der Waals surface area contributed by atoms with Crippen molar-refractivity contribution < 1.29 is 21.9 Å². The highest BCUT2D eigenvalue weighted by atomic mass is 32.2. The lowest BCUT2D eigenvalue weighted by Crippen LogP contribution is -2.42. The summed E-state index contributed by atoms with van der Waals surface area (Å²) in [6.45, 7) is 0.693. The monoisotopic (exact) mass is 303 g/mol. The maximum absolute atomic E-state index is 13.8. The molecule has 7 heteroatoms. The number of nitrogens with zero attached hydrogens (tertiary/aromatic N) is 1. The van der Waals surface area contributed by atoms with E-state index >= 15 is 0 Å². The Morgan fingerprint density at radius 3 is 2.55 bits per heavy atom. The van der Waals surface area contributed by atoms with Gasteiger partial charge in [-0.15, -0.1) is 0 Å². The third kappa shape index (κ3) is 2.23. The van der Waals surface area contributed by atoms with Crippen LogP contribution in [0.1, 0.15) is 17.5 Å². The average Bonchev–Trinajstić information content (AvgIpc) is 2.97. The van der Waals surface area contributed by atoms with E-state index in [0.29, 0.717) is 18.6 Å². The van der Waals surface area contributed by atoms with Gasteiger partial charge in [0.25, 0.3) is 0 Å². The molecule has 1 saturated heterocycles. The summed E-state index contributed by atoms with van der Waals surface area (Å²) in [6.07, 6.45) is 0.656. The topological polar surface area (TPSA) is 46.6 Å². The predicted octanol–water partition coefficient (Wildman–Crippen LogP) is 1.44. The number of ether oxygens (including phenoxy) is 1. The summed E-state index contributed by atoms with van der Waals surface area (Å²) < 4.78 is 58.6. The van der Waals surface area contributed by atoms with E-state index in [-0.39, 0.29) is 31.7 Å². The van der Waals surface area contributed by atoms with Crippen molar-refractivity contribution in [3.05, 3.63) is 34.9 Å². The third-order valence-corrected chi connectivity index (χ3v) is 6.18. The molecule has 0 spiro atoms. The smallest absolute Gasteiger partial charge is 0.219 e. The van der Waals surface area contributed by atoms with Crippen LogP contribution in [0.4, 0.5) is 8.78 Å². The summed E-state index contributed by atoms with van der Waals surface area (Å²) >= 11 is 0. The molecule has 0 amide bonds. The predicted molar refractivity (Wildman–Crippen MR) is 68.6 cm³/mol. The van der Waals surface area contributed by atoms with Gasteiger partial charge in [0.05, 0.1) is 6.61 Å². The second kappa shape index (κ2) is 5.05. The molecular weight excluding hydrogens is 288 g/mol. The summed E-state index contributed by atoms with van der Waals surface area (Å²) in [5, 5.41) is -0.569. The van der Waals surface area contributed by atoms with Crippen LogP contribution in [0.3, 0.4) is 0 Å². The molecule has 0 bridgehead atoms. The molecule has 20 heavy (non-hydrogen) atoms. The minimum atomic E-state index is -3.51. The van der Waals surface area contributed by atoms with E-state index in [1.165, 1.54) is 4.31 Å². The SMILES string of the molecule is O=S(=O)(C1CCOC1)N1CCc2c(F)ccc(F)c2C1. The first-order valence-electron chi connectivity index (χ1n) is 6.52. The number of fused-ring (bicyclic) bond motifs is 1. The molecule has 0 aliphatic carbocycles. The fraction of sp³-hybridized carbons (Fsp3) is 0.538. The maximum atomic E-state index is 13.8. The third-order valence-electron chi connectivity index (χ3n) is 3.93. The number of halogens is 2. The lowest BCUT2D eigenvalue weighted by molar-refractivity contribution is 0.197. The van der Waals surface area contributed by atoms with Crippen LogP contribution in [-0.2, 0) is 27.7 Å². The van der Waals surface area contributed by atoms with Crippen LogP contribution >= 0.6 is 0 Å². The average molecular weight is 303 g/mol. The molecule has 3 rings (SSSR count). The van der Waals surface area contributed by atoms with Crippen LogP contribution in [-0.4, -0.2) is 37.7 Å². The highest BCUT2D eigenvalue weighted by Gasteiger charge is 2.37. The molecule has 1 unspecified atom stereocenters. The molecule has 1 aromatic carbocycles. The molecule has 2 heterocycles. The van der Waals surface area contributed by atoms with Gasteiger partial charge in [0.2, 0.25) is 10.0 Å². The summed E-state index contributed by atoms with van der Waals surface area (Å²) in [5.41, 5.74) is 0.442. The standard InChI is InChI=1S/C13H15F2NO3S/c14-12-1-2-13(15)11-7-16(5-3-10(11)12)20(17,18)9-4-6-19-8-9/h1-2,9H,3-8H2. The van der Waals surface area contributed by atoms with Crippen molar-refractivity contribution in [2.75, 3.05) is 19.8 Å². The van der Waals surface area contributed by atoms with E-state index in [4.69, 9.17) is 4.74 Å². The molecule has 0 saturated carbocycles. The molecular formula is C13H15F2NO3S. The van der Waals surface area contributed by atoms with Gasteiger partial charge in [-0.3, -0.25) is 0 Å². The molecule has 0 aromatic heterocycles. The fourth-order valence-corrected chi connectivity index (χ4v) is 4.48. The summed E-state index contributed by atoms with van der Waals surface area (Å²) in [4.78, 5) is 0. The lowest BCUT2D eigenvalue weighted by Gasteiger charge is -2.30. The van der Waals surface area contributed by atoms with Crippen molar-refractivity contribution in [1.82, 2.24) is 4.31 Å². The molecule has 110 valence electrons. The zero-order chi connectivity index (χ0) is 14.3. The Morgan fingerprint density at radius 1 is 1.20 bits per heavy atom. The Balaban J connectivity index is 1.90. The fourth-order valence-electron chi connectivity index (χ4n) is 2.74. The molecule has 1 aromatic rings. The minimum Gasteiger partial charge on any atom is -0.380 e. The first kappa shape index (κ1) is 13.9. The van der Waals surface area contributed by atoms with Crippen molar-refractivity contribution in [3.8, 4) is 0 Å². The molecule has 0 radical (unpaired) electrons. The van der Waals surface area contributed by atoms with Gasteiger partial charge in [-0.25, -0.2) is 17.2 Å². The maximum Gasteiger partial charge on any atom is 0.219 e. The normalized spacial score (nSPS) is 23.8. The van der Waals surface area contributed by atoms with Crippen molar-refractivity contribution >= 4 is 10.0 Å². The van der Waals surface area contributed by atoms with E-state index in [1.54, 1.807) is 0 Å². The second-order valence-electron chi connectivity index (χ2n) is 5.10. The summed E-state index contributed by atoms with van der Waals surface area (Å²) in [7, 11) is -3.51. The van der Waals surface area contributed by atoms with Crippen LogP contribution in [0.15, 0.2) is 12.1 Å². The molecule has 1 atom stereocenters. The van der Waals surface area contributed by atoms with Gasteiger partial charge in [0, 0.05) is 25.3 Å². The highest BCUT2D eigenvalue weighted by Crippen LogP contribution is 2.28. The Kier molecular flexibility index (Phi) is 3.51. The van der Waals surface area contributed by atoms with Crippen molar-refractivity contribution in [1.29, 1.82) is 0 Å². The number of sulfonamides is 1. The largest absolute Gasteiger partial charge is 0.380 e. The van der Waals surface area contributed by atoms with E-state index in [0.717, 1.165) is 12.1 Å². The molecule has 4 nitrogen and oxygen atoms in total. The minimum absolute atomic E-state index is 0.0994. The first-order valence-corrected chi connectivity index (χ1v) is 8.03. The Bertz CT molecular complexity index is 627. The molecule has 0 N–H and O–H groups in total. The Labute approximate surface area is 116 Å². The number of hydrogen-bond acceptors (Lipinski definition) is 3. The van der Waals surface area contributed by atoms with Crippen LogP contribution in [0.25, 0.3) is 0 Å². The van der Waals surface area contributed by atoms with Gasteiger partial charge >= 0.3 is 0 Å². The quantitative estimate of drug-likeness (QED) is 0.830. The van der Waals surface area contributed by atoms with Gasteiger partial charge < -0.3 is 4.74 Å². The zero-order valence-electron chi connectivity index (χ0n) is 10.8. The number of benzene rings is 1. The van der Waals surface area contributed by atoms with E-state index in [2.05, 4.69) is 0 Å². The van der Waals surface area contributed by atoms with Gasteiger partial charge in [-0.1, -0.05) is 0 Å². The van der Waals surface area contributed by atoms with Crippen LogP contribution in [0.5, 0.6) is 0 Å². The molecule has 2 aliphatic rings. The van der Waals surface area contributed by atoms with Crippen LogP contribution < -0.4 is 0 Å². The molecule has 2 aliphatic heterocycles. The van der Waals surface area contributed by atoms with E-state index in [1.807, 2.05) is 0 Å². The Hall–Kier alpha value is -1.05. The van der Waals surface area contributed by atoms with Crippen LogP contribution in [0, 0.1) is 11.6 Å². The lowest BCUT2D eigenvalue weighted by atomic mass is 10.00. The Morgan fingerprint density at radius 2 is 1.90 bits per heavy atom. The highest BCUT2D eigenvalue weighted by molar-refractivity contribution is 7.89. The van der Waals surface area contributed by atoms with Crippen molar-refractivity contribution in [3.63, 3.8) is 0 Å². The summed E-state index contributed by atoms with van der Waals surface area (Å²) in [5.74, 6) is -1.02. The van der Waals surface area contributed by atoms with Crippen LogP contribution in [0.2, 0.25) is 0 Å². The summed E-state index contributed by atoms with van der Waals surface area (Å²) in [6, 6.07) is 2.13. The van der Waals surface area contributed by atoms with Gasteiger partial charge in [0.1, 0.15) is 16.9 Å².